The summed E-state index contributed by atoms with van der Waals surface area (Å²) in [6.07, 6.45) is 2.02. The van der Waals surface area contributed by atoms with Crippen molar-refractivity contribution < 1.29 is 32.7 Å². The van der Waals surface area contributed by atoms with Crippen LogP contribution >= 0.6 is 11.8 Å². The van der Waals surface area contributed by atoms with Gasteiger partial charge in [-0.05, 0) is 75.3 Å². The maximum atomic E-state index is 12.2. The fourth-order valence-electron chi connectivity index (χ4n) is 4.49. The van der Waals surface area contributed by atoms with Crippen molar-refractivity contribution in [2.75, 3.05) is 74.9 Å². The van der Waals surface area contributed by atoms with Crippen LogP contribution in [0.5, 0.6) is 0 Å². The molecule has 2 aromatic rings. The standard InChI is InChI=1S/C26H36N6O2S.C2HF3O2/c33-25(28-10-3-15-31-16-18-32(19-17-31)23-8-11-27-12-9-23)26(34)29-22-4-6-24(7-5-22)35-21-20-30-13-1-2-14-30;3-2(4,5)1(6)7/h4-9,11-12H,1-3,10,13-21H2,(H,28,33)(H,29,34);(H,6,7). The summed E-state index contributed by atoms with van der Waals surface area (Å²) >= 11 is 1.82. The van der Waals surface area contributed by atoms with Gasteiger partial charge >= 0.3 is 24.0 Å². The summed E-state index contributed by atoms with van der Waals surface area (Å²) in [4.78, 5) is 45.8. The minimum absolute atomic E-state index is 0.490. The summed E-state index contributed by atoms with van der Waals surface area (Å²) in [7, 11) is 0. The Bertz CT molecular complexity index is 1130. The average molecular weight is 611 g/mol. The number of hydrogen-bond acceptors (Lipinski definition) is 8. The number of nitrogens with zero attached hydrogens (tertiary/aromatic N) is 4. The predicted octanol–water partition coefficient (Wildman–Crippen LogP) is 3.17. The van der Waals surface area contributed by atoms with Crippen LogP contribution in [-0.2, 0) is 14.4 Å². The number of pyridine rings is 1. The first-order chi connectivity index (χ1) is 20.1. The minimum Gasteiger partial charge on any atom is -0.475 e. The normalized spacial score (nSPS) is 15.9. The number of piperazine rings is 1. The van der Waals surface area contributed by atoms with Crippen molar-refractivity contribution in [1.29, 1.82) is 0 Å². The fraction of sp³-hybridized carbons (Fsp3) is 0.500. The number of aromatic nitrogens is 1. The van der Waals surface area contributed by atoms with Crippen LogP contribution in [0.15, 0.2) is 53.7 Å². The Morgan fingerprint density at radius 2 is 1.45 bits per heavy atom. The van der Waals surface area contributed by atoms with Gasteiger partial charge in [-0.3, -0.25) is 19.5 Å². The quantitative estimate of drug-likeness (QED) is 0.212. The monoisotopic (exact) mass is 610 g/mol. The number of halogens is 3. The molecule has 0 saturated carbocycles. The highest BCUT2D eigenvalue weighted by Gasteiger charge is 2.38. The number of likely N-dealkylation sites (tertiary alicyclic amines) is 1. The maximum absolute atomic E-state index is 12.2. The van der Waals surface area contributed by atoms with Crippen molar-refractivity contribution in [3.63, 3.8) is 0 Å². The first-order valence-corrected chi connectivity index (χ1v) is 14.8. The van der Waals surface area contributed by atoms with Crippen LogP contribution in [0, 0.1) is 0 Å². The number of nitrogens with one attached hydrogen (secondary N) is 2. The number of rotatable bonds is 10. The van der Waals surface area contributed by atoms with E-state index in [1.165, 1.54) is 36.5 Å². The zero-order valence-corrected chi connectivity index (χ0v) is 24.1. The lowest BCUT2D eigenvalue weighted by Gasteiger charge is -2.36. The predicted molar refractivity (Wildman–Crippen MR) is 156 cm³/mol. The van der Waals surface area contributed by atoms with Crippen LogP contribution < -0.4 is 15.5 Å². The van der Waals surface area contributed by atoms with E-state index in [1.54, 1.807) is 0 Å². The van der Waals surface area contributed by atoms with Gasteiger partial charge in [0.15, 0.2) is 0 Å². The van der Waals surface area contributed by atoms with Gasteiger partial charge in [0.25, 0.3) is 0 Å². The van der Waals surface area contributed by atoms with Gasteiger partial charge in [0, 0.05) is 73.7 Å². The van der Waals surface area contributed by atoms with Gasteiger partial charge in [-0.1, -0.05) is 0 Å². The molecule has 2 aliphatic rings. The number of carbonyl (C=O) groups is 3. The topological polar surface area (TPSA) is 118 Å². The third kappa shape index (κ3) is 11.9. The molecule has 14 heteroatoms. The zero-order valence-electron chi connectivity index (χ0n) is 23.3. The van der Waals surface area contributed by atoms with Gasteiger partial charge in [-0.25, -0.2) is 4.79 Å². The molecule has 0 bridgehead atoms. The van der Waals surface area contributed by atoms with Gasteiger partial charge in [-0.15, -0.1) is 11.8 Å². The van der Waals surface area contributed by atoms with E-state index in [-0.39, 0.29) is 0 Å². The summed E-state index contributed by atoms with van der Waals surface area (Å²) in [6, 6.07) is 11.8. The Morgan fingerprint density at radius 3 is 2.05 bits per heavy atom. The number of alkyl halides is 3. The van der Waals surface area contributed by atoms with Crippen molar-refractivity contribution in [3.05, 3.63) is 48.8 Å². The average Bonchev–Trinajstić information content (AvgIpc) is 3.50. The summed E-state index contributed by atoms with van der Waals surface area (Å²) in [6.45, 7) is 8.89. The highest BCUT2D eigenvalue weighted by molar-refractivity contribution is 7.99. The third-order valence-electron chi connectivity index (χ3n) is 6.77. The van der Waals surface area contributed by atoms with Crippen LogP contribution in [0.2, 0.25) is 0 Å². The molecule has 1 aromatic carbocycles. The Kier molecular flexibility index (Phi) is 13.4. The van der Waals surface area contributed by atoms with Crippen molar-refractivity contribution in [2.45, 2.75) is 30.3 Å². The molecule has 3 heterocycles. The number of thioether (sulfide) groups is 1. The summed E-state index contributed by atoms with van der Waals surface area (Å²) < 4.78 is 31.7. The molecular weight excluding hydrogens is 573 g/mol. The summed E-state index contributed by atoms with van der Waals surface area (Å²) in [5.74, 6) is -2.90. The molecule has 0 unspecified atom stereocenters. The fourth-order valence-corrected chi connectivity index (χ4v) is 5.40. The van der Waals surface area contributed by atoms with Gasteiger partial charge in [0.1, 0.15) is 0 Å². The van der Waals surface area contributed by atoms with Gasteiger partial charge in [-0.2, -0.15) is 13.2 Å². The van der Waals surface area contributed by atoms with Crippen LogP contribution in [0.4, 0.5) is 24.5 Å². The zero-order chi connectivity index (χ0) is 30.4. The minimum atomic E-state index is -5.08. The Labute approximate surface area is 247 Å². The Hall–Kier alpha value is -3.36. The van der Waals surface area contributed by atoms with Crippen molar-refractivity contribution >= 4 is 40.9 Å². The van der Waals surface area contributed by atoms with E-state index in [0.29, 0.717) is 12.2 Å². The van der Waals surface area contributed by atoms with E-state index >= 15 is 0 Å². The first-order valence-electron chi connectivity index (χ1n) is 13.8. The highest BCUT2D eigenvalue weighted by Crippen LogP contribution is 2.21. The molecule has 4 rings (SSSR count). The molecular formula is C28H37F3N6O4S. The second kappa shape index (κ2) is 16.9. The van der Waals surface area contributed by atoms with Gasteiger partial charge < -0.3 is 25.5 Å². The van der Waals surface area contributed by atoms with Crippen LogP contribution in [0.1, 0.15) is 19.3 Å². The molecule has 0 spiro atoms. The molecule has 230 valence electrons. The van der Waals surface area contributed by atoms with Gasteiger partial charge in [0.2, 0.25) is 0 Å². The smallest absolute Gasteiger partial charge is 0.475 e. The molecule has 0 atom stereocenters. The lowest BCUT2D eigenvalue weighted by atomic mass is 10.2. The molecule has 2 saturated heterocycles. The molecule has 0 aliphatic carbocycles. The number of aliphatic carboxylic acids is 1. The molecule has 1 aromatic heterocycles. The summed E-state index contributed by atoms with van der Waals surface area (Å²) in [5, 5.41) is 12.6. The number of carbonyl (C=O) groups excluding carboxylic acids is 2. The molecule has 10 nitrogen and oxygen atoms in total. The molecule has 2 aliphatic heterocycles. The Morgan fingerprint density at radius 1 is 0.857 bits per heavy atom. The van der Waals surface area contributed by atoms with E-state index in [2.05, 4.69) is 30.3 Å². The second-order valence-electron chi connectivity index (χ2n) is 9.82. The van der Waals surface area contributed by atoms with Crippen molar-refractivity contribution in [3.8, 4) is 0 Å². The van der Waals surface area contributed by atoms with E-state index in [1.807, 2.05) is 60.6 Å². The number of benzene rings is 1. The lowest BCUT2D eigenvalue weighted by molar-refractivity contribution is -0.192. The van der Waals surface area contributed by atoms with E-state index < -0.39 is 24.0 Å². The molecule has 2 fully saturated rings. The van der Waals surface area contributed by atoms with Crippen LogP contribution in [-0.4, -0.2) is 109 Å². The highest BCUT2D eigenvalue weighted by atomic mass is 32.2. The number of anilines is 2. The molecule has 3 N–H and O–H groups in total. The SMILES string of the molecule is O=C(NCCCN1CCN(c2ccncc2)CC1)C(=O)Nc1ccc(SCCN2CCCC2)cc1.O=C(O)C(F)(F)F. The second-order valence-corrected chi connectivity index (χ2v) is 11.0. The largest absolute Gasteiger partial charge is 0.490 e. The molecule has 42 heavy (non-hydrogen) atoms. The van der Waals surface area contributed by atoms with E-state index in [9.17, 15) is 22.8 Å². The molecule has 0 radical (unpaired) electrons. The Balaban J connectivity index is 0.000000616. The van der Waals surface area contributed by atoms with Crippen molar-refractivity contribution in [1.82, 2.24) is 20.1 Å². The number of amides is 2. The number of carboxylic acids is 1. The molecule has 2 amide bonds. The number of hydrogen-bond donors (Lipinski definition) is 3. The third-order valence-corrected chi connectivity index (χ3v) is 7.76. The van der Waals surface area contributed by atoms with E-state index in [4.69, 9.17) is 9.90 Å². The lowest BCUT2D eigenvalue weighted by Crippen LogP contribution is -2.47. The van der Waals surface area contributed by atoms with E-state index in [0.717, 1.165) is 51.4 Å². The summed E-state index contributed by atoms with van der Waals surface area (Å²) in [5.41, 5.74) is 1.85. The van der Waals surface area contributed by atoms with Gasteiger partial charge in [0.05, 0.1) is 0 Å². The first kappa shape index (κ1) is 33.1. The maximum Gasteiger partial charge on any atom is 0.490 e. The van der Waals surface area contributed by atoms with Crippen LogP contribution in [0.25, 0.3) is 0 Å². The number of carboxylic acid groups (broad SMARTS) is 1. The van der Waals surface area contributed by atoms with Crippen molar-refractivity contribution in [2.24, 2.45) is 0 Å². The van der Waals surface area contributed by atoms with Crippen LogP contribution in [0.3, 0.4) is 0 Å².